The fourth-order valence-electron chi connectivity index (χ4n) is 1.44. The molecule has 0 heterocycles. The lowest BCUT2D eigenvalue weighted by Crippen LogP contribution is -1.94. The lowest BCUT2D eigenvalue weighted by molar-refractivity contribution is 1.58. The maximum Gasteiger partial charge on any atom is 0.0554 e. The minimum atomic E-state index is 0.614. The highest BCUT2D eigenvalue weighted by Gasteiger charge is 2.03. The van der Waals surface area contributed by atoms with Gasteiger partial charge in [-0.1, -0.05) is 40.2 Å². The van der Waals surface area contributed by atoms with Gasteiger partial charge >= 0.3 is 0 Å². The van der Waals surface area contributed by atoms with E-state index in [4.69, 9.17) is 11.5 Å². The molecule has 0 radical (unpaired) electrons. The van der Waals surface area contributed by atoms with Gasteiger partial charge in [0.05, 0.1) is 11.4 Å². The Labute approximate surface area is 97.0 Å². The molecule has 0 saturated heterocycles. The smallest absolute Gasteiger partial charge is 0.0554 e. The van der Waals surface area contributed by atoms with E-state index < -0.39 is 0 Å². The van der Waals surface area contributed by atoms with Crippen molar-refractivity contribution < 1.29 is 0 Å². The van der Waals surface area contributed by atoms with Gasteiger partial charge in [-0.25, -0.2) is 0 Å². The van der Waals surface area contributed by atoms with Crippen LogP contribution in [-0.4, -0.2) is 0 Å². The van der Waals surface area contributed by atoms with Crippen LogP contribution in [0.25, 0.3) is 11.1 Å². The molecule has 0 saturated carbocycles. The third kappa shape index (κ3) is 1.97. The summed E-state index contributed by atoms with van der Waals surface area (Å²) in [6.07, 6.45) is 0. The zero-order valence-electron chi connectivity index (χ0n) is 8.07. The summed E-state index contributed by atoms with van der Waals surface area (Å²) in [5.74, 6) is 0. The van der Waals surface area contributed by atoms with E-state index in [0.29, 0.717) is 11.4 Å². The lowest BCUT2D eigenvalue weighted by Gasteiger charge is -2.06. The Balaban J connectivity index is 2.55. The zero-order valence-corrected chi connectivity index (χ0v) is 9.66. The molecule has 0 aliphatic rings. The average Bonchev–Trinajstić information content (AvgIpc) is 2.23. The van der Waals surface area contributed by atoms with Crippen LogP contribution in [0.15, 0.2) is 46.9 Å². The standard InChI is InChI=1S/C12H11BrN2/c13-10-4-2-1-3-9(10)8-5-6-11(14)12(15)7-8/h1-7H,14-15H2. The van der Waals surface area contributed by atoms with Gasteiger partial charge in [0.2, 0.25) is 0 Å². The number of anilines is 2. The number of halogens is 1. The fourth-order valence-corrected chi connectivity index (χ4v) is 1.95. The molecule has 2 nitrogen and oxygen atoms in total. The van der Waals surface area contributed by atoms with Crippen LogP contribution < -0.4 is 11.5 Å². The van der Waals surface area contributed by atoms with Gasteiger partial charge in [0, 0.05) is 4.47 Å². The maximum absolute atomic E-state index is 5.77. The van der Waals surface area contributed by atoms with Gasteiger partial charge in [-0.15, -0.1) is 0 Å². The number of rotatable bonds is 1. The van der Waals surface area contributed by atoms with Crippen LogP contribution in [0.2, 0.25) is 0 Å². The molecule has 3 heteroatoms. The van der Waals surface area contributed by atoms with Crippen LogP contribution in [-0.2, 0) is 0 Å². The first-order valence-corrected chi connectivity index (χ1v) is 5.37. The number of benzene rings is 2. The van der Waals surface area contributed by atoms with E-state index in [1.807, 2.05) is 42.5 Å². The first-order chi connectivity index (χ1) is 7.18. The normalized spacial score (nSPS) is 10.2. The van der Waals surface area contributed by atoms with Gasteiger partial charge in [0.15, 0.2) is 0 Å². The molecule has 2 aromatic carbocycles. The van der Waals surface area contributed by atoms with Crippen LogP contribution >= 0.6 is 15.9 Å². The van der Waals surface area contributed by atoms with Crippen molar-refractivity contribution in [2.75, 3.05) is 11.5 Å². The van der Waals surface area contributed by atoms with Crippen molar-refractivity contribution in [1.29, 1.82) is 0 Å². The number of nitrogen functional groups attached to an aromatic ring is 2. The molecule has 0 spiro atoms. The summed E-state index contributed by atoms with van der Waals surface area (Å²) in [4.78, 5) is 0. The van der Waals surface area contributed by atoms with E-state index in [2.05, 4.69) is 15.9 Å². The Kier molecular flexibility index (Phi) is 2.64. The second-order valence-corrected chi connectivity index (χ2v) is 4.18. The van der Waals surface area contributed by atoms with Crippen molar-refractivity contribution in [1.82, 2.24) is 0 Å². The predicted molar refractivity (Wildman–Crippen MR) is 68.4 cm³/mol. The lowest BCUT2D eigenvalue weighted by atomic mass is 10.0. The van der Waals surface area contributed by atoms with Gasteiger partial charge in [0.1, 0.15) is 0 Å². The Hall–Kier alpha value is -1.48. The van der Waals surface area contributed by atoms with E-state index in [1.54, 1.807) is 0 Å². The first kappa shape index (κ1) is 10.1. The molecule has 2 rings (SSSR count). The van der Waals surface area contributed by atoms with E-state index >= 15 is 0 Å². The van der Waals surface area contributed by atoms with Gasteiger partial charge in [-0.2, -0.15) is 0 Å². The van der Waals surface area contributed by atoms with E-state index in [-0.39, 0.29) is 0 Å². The first-order valence-electron chi connectivity index (χ1n) is 4.58. The highest BCUT2D eigenvalue weighted by molar-refractivity contribution is 9.10. The van der Waals surface area contributed by atoms with Crippen molar-refractivity contribution >= 4 is 27.3 Å². The van der Waals surface area contributed by atoms with Crippen LogP contribution in [0.4, 0.5) is 11.4 Å². The highest BCUT2D eigenvalue weighted by atomic mass is 79.9. The third-order valence-corrected chi connectivity index (χ3v) is 2.96. The Morgan fingerprint density at radius 1 is 0.867 bits per heavy atom. The van der Waals surface area contributed by atoms with Crippen LogP contribution in [0.1, 0.15) is 0 Å². The second kappa shape index (κ2) is 3.95. The number of hydrogen-bond acceptors (Lipinski definition) is 2. The van der Waals surface area contributed by atoms with Crippen LogP contribution in [0, 0.1) is 0 Å². The van der Waals surface area contributed by atoms with E-state index in [9.17, 15) is 0 Å². The molecule has 0 fully saturated rings. The van der Waals surface area contributed by atoms with Gasteiger partial charge in [-0.05, 0) is 29.3 Å². The third-order valence-electron chi connectivity index (χ3n) is 2.27. The maximum atomic E-state index is 5.77. The summed E-state index contributed by atoms with van der Waals surface area (Å²) >= 11 is 3.50. The minimum absolute atomic E-state index is 0.614. The summed E-state index contributed by atoms with van der Waals surface area (Å²) in [6, 6.07) is 13.7. The van der Waals surface area contributed by atoms with Crippen LogP contribution in [0.5, 0.6) is 0 Å². The number of hydrogen-bond donors (Lipinski definition) is 2. The minimum Gasteiger partial charge on any atom is -0.397 e. The van der Waals surface area contributed by atoms with Gasteiger partial charge in [0.25, 0.3) is 0 Å². The Bertz CT molecular complexity index is 495. The molecule has 15 heavy (non-hydrogen) atoms. The van der Waals surface area contributed by atoms with E-state index in [1.165, 1.54) is 0 Å². The predicted octanol–water partition coefficient (Wildman–Crippen LogP) is 3.28. The summed E-state index contributed by atoms with van der Waals surface area (Å²) in [5, 5.41) is 0. The number of nitrogens with two attached hydrogens (primary N) is 2. The summed E-state index contributed by atoms with van der Waals surface area (Å²) in [5.41, 5.74) is 14.8. The van der Waals surface area contributed by atoms with Crippen molar-refractivity contribution in [2.24, 2.45) is 0 Å². The molecular weight excluding hydrogens is 252 g/mol. The topological polar surface area (TPSA) is 52.0 Å². The second-order valence-electron chi connectivity index (χ2n) is 3.32. The summed E-state index contributed by atoms with van der Waals surface area (Å²) < 4.78 is 1.05. The molecule has 4 N–H and O–H groups in total. The average molecular weight is 263 g/mol. The molecule has 0 aliphatic carbocycles. The fraction of sp³-hybridized carbons (Fsp3) is 0. The SMILES string of the molecule is Nc1ccc(-c2ccccc2Br)cc1N. The van der Waals surface area contributed by atoms with Crippen molar-refractivity contribution in [3.63, 3.8) is 0 Å². The molecule has 0 bridgehead atoms. The molecular formula is C12H11BrN2. The van der Waals surface area contributed by atoms with Crippen molar-refractivity contribution in [3.8, 4) is 11.1 Å². The molecule has 2 aromatic rings. The molecule has 0 amide bonds. The summed E-state index contributed by atoms with van der Waals surface area (Å²) in [6.45, 7) is 0. The monoisotopic (exact) mass is 262 g/mol. The largest absolute Gasteiger partial charge is 0.397 e. The Morgan fingerprint density at radius 3 is 2.27 bits per heavy atom. The van der Waals surface area contributed by atoms with Gasteiger partial charge < -0.3 is 11.5 Å². The van der Waals surface area contributed by atoms with Crippen molar-refractivity contribution in [2.45, 2.75) is 0 Å². The van der Waals surface area contributed by atoms with Crippen molar-refractivity contribution in [3.05, 3.63) is 46.9 Å². The molecule has 76 valence electrons. The molecule has 0 atom stereocenters. The van der Waals surface area contributed by atoms with Gasteiger partial charge in [-0.3, -0.25) is 0 Å². The molecule has 0 aromatic heterocycles. The molecule has 0 unspecified atom stereocenters. The summed E-state index contributed by atoms with van der Waals surface area (Å²) in [7, 11) is 0. The van der Waals surface area contributed by atoms with E-state index in [0.717, 1.165) is 15.6 Å². The Morgan fingerprint density at radius 2 is 1.60 bits per heavy atom. The highest BCUT2D eigenvalue weighted by Crippen LogP contribution is 2.30. The molecule has 0 aliphatic heterocycles. The quantitative estimate of drug-likeness (QED) is 0.776. The zero-order chi connectivity index (χ0) is 10.8. The van der Waals surface area contributed by atoms with Crippen LogP contribution in [0.3, 0.4) is 0 Å².